The smallest absolute Gasteiger partial charge is 0.136 e. The van der Waals surface area contributed by atoms with E-state index in [1.54, 1.807) is 7.11 Å². The molecule has 2 aromatic heterocycles. The lowest BCUT2D eigenvalue weighted by atomic mass is 10.3. The van der Waals surface area contributed by atoms with E-state index in [2.05, 4.69) is 33.9 Å². The second kappa shape index (κ2) is 5.09. The van der Waals surface area contributed by atoms with Gasteiger partial charge in [0.25, 0.3) is 0 Å². The van der Waals surface area contributed by atoms with E-state index in [4.69, 9.17) is 4.74 Å². The number of fused-ring (bicyclic) bond motifs is 1. The predicted octanol–water partition coefficient (Wildman–Crippen LogP) is 1.38. The van der Waals surface area contributed by atoms with Gasteiger partial charge in [0.05, 0.1) is 18.5 Å². The topological polar surface area (TPSA) is 38.6 Å². The molecule has 2 rings (SSSR count). The average Bonchev–Trinajstić information content (AvgIpc) is 2.67. The van der Waals surface area contributed by atoms with Crippen LogP contribution in [0.5, 0.6) is 0 Å². The van der Waals surface area contributed by atoms with Crippen molar-refractivity contribution in [3.05, 3.63) is 35.8 Å². The third-order valence-corrected chi connectivity index (χ3v) is 2.52. The van der Waals surface area contributed by atoms with Gasteiger partial charge in [0.15, 0.2) is 0 Å². The van der Waals surface area contributed by atoms with E-state index in [0.717, 1.165) is 25.3 Å². The molecule has 4 heteroatoms. The highest BCUT2D eigenvalue weighted by Crippen LogP contribution is 2.08. The van der Waals surface area contributed by atoms with Gasteiger partial charge in [-0.3, -0.25) is 0 Å². The number of hydrogen-bond donors (Lipinski definition) is 1. The molecule has 0 atom stereocenters. The Morgan fingerprint density at radius 1 is 1.44 bits per heavy atom. The van der Waals surface area contributed by atoms with Gasteiger partial charge in [-0.25, -0.2) is 4.98 Å². The molecule has 0 bridgehead atoms. The van der Waals surface area contributed by atoms with E-state index < -0.39 is 0 Å². The van der Waals surface area contributed by atoms with E-state index in [1.807, 2.05) is 12.3 Å². The first-order valence-corrected chi connectivity index (χ1v) is 5.43. The molecule has 4 nitrogen and oxygen atoms in total. The molecule has 0 saturated carbocycles. The molecule has 1 N–H and O–H groups in total. The van der Waals surface area contributed by atoms with Crippen LogP contribution in [0.25, 0.3) is 5.65 Å². The molecule has 0 amide bonds. The molecule has 0 aliphatic carbocycles. The number of rotatable bonds is 5. The molecule has 86 valence electrons. The fraction of sp³-hybridized carbons (Fsp3) is 0.417. The first-order chi connectivity index (χ1) is 7.81. The Hall–Kier alpha value is -1.39. The number of nitrogens with one attached hydrogen (secondary N) is 1. The summed E-state index contributed by atoms with van der Waals surface area (Å²) in [5, 5.41) is 3.31. The molecule has 2 aromatic rings. The Balaban J connectivity index is 2.09. The molecular formula is C12H17N3O. The number of nitrogens with zero attached hydrogens (tertiary/aromatic N) is 2. The first kappa shape index (κ1) is 11.1. The third kappa shape index (κ3) is 2.40. The van der Waals surface area contributed by atoms with Gasteiger partial charge in [0, 0.05) is 26.4 Å². The summed E-state index contributed by atoms with van der Waals surface area (Å²) in [4.78, 5) is 4.35. The van der Waals surface area contributed by atoms with Gasteiger partial charge in [0.1, 0.15) is 5.65 Å². The number of hydrogen-bond acceptors (Lipinski definition) is 3. The standard InChI is InChI=1S/C12H17N3O/c1-10-3-4-12-14-8-11(15(12)9-10)7-13-5-6-16-2/h3-4,8-9,13H,5-7H2,1-2H3. The molecule has 0 aliphatic rings. The largest absolute Gasteiger partial charge is 0.383 e. The zero-order valence-electron chi connectivity index (χ0n) is 9.73. The SMILES string of the molecule is COCCNCc1cnc2ccc(C)cn12. The summed E-state index contributed by atoms with van der Waals surface area (Å²) < 4.78 is 7.10. The molecule has 0 fully saturated rings. The Bertz CT molecular complexity index is 464. The van der Waals surface area contributed by atoms with Gasteiger partial charge in [-0.2, -0.15) is 0 Å². The van der Waals surface area contributed by atoms with Crippen molar-refractivity contribution >= 4 is 5.65 Å². The normalized spacial score (nSPS) is 11.1. The second-order valence-corrected chi connectivity index (χ2v) is 3.85. The van der Waals surface area contributed by atoms with E-state index in [-0.39, 0.29) is 0 Å². The van der Waals surface area contributed by atoms with E-state index >= 15 is 0 Å². The Morgan fingerprint density at radius 3 is 3.12 bits per heavy atom. The van der Waals surface area contributed by atoms with Crippen LogP contribution < -0.4 is 5.32 Å². The van der Waals surface area contributed by atoms with Crippen LogP contribution in [-0.4, -0.2) is 29.6 Å². The maximum absolute atomic E-state index is 4.98. The summed E-state index contributed by atoms with van der Waals surface area (Å²) in [5.41, 5.74) is 3.41. The lowest BCUT2D eigenvalue weighted by Crippen LogP contribution is -2.19. The highest BCUT2D eigenvalue weighted by atomic mass is 16.5. The molecule has 2 heterocycles. The van der Waals surface area contributed by atoms with Gasteiger partial charge < -0.3 is 14.5 Å². The summed E-state index contributed by atoms with van der Waals surface area (Å²) in [5.74, 6) is 0. The minimum Gasteiger partial charge on any atom is -0.383 e. The van der Waals surface area contributed by atoms with Crippen molar-refractivity contribution in [1.82, 2.24) is 14.7 Å². The average molecular weight is 219 g/mol. The maximum Gasteiger partial charge on any atom is 0.136 e. The summed E-state index contributed by atoms with van der Waals surface area (Å²) in [7, 11) is 1.71. The Morgan fingerprint density at radius 2 is 2.31 bits per heavy atom. The van der Waals surface area contributed by atoms with Crippen molar-refractivity contribution < 1.29 is 4.74 Å². The number of ether oxygens (including phenoxy) is 1. The lowest BCUT2D eigenvalue weighted by molar-refractivity contribution is 0.199. The highest BCUT2D eigenvalue weighted by molar-refractivity contribution is 5.41. The van der Waals surface area contributed by atoms with Gasteiger partial charge in [-0.15, -0.1) is 0 Å². The maximum atomic E-state index is 4.98. The van der Waals surface area contributed by atoms with Gasteiger partial charge in [-0.05, 0) is 18.6 Å². The van der Waals surface area contributed by atoms with Crippen LogP contribution >= 0.6 is 0 Å². The van der Waals surface area contributed by atoms with Crippen molar-refractivity contribution in [2.45, 2.75) is 13.5 Å². The van der Waals surface area contributed by atoms with Gasteiger partial charge in [-0.1, -0.05) is 6.07 Å². The highest BCUT2D eigenvalue weighted by Gasteiger charge is 2.02. The van der Waals surface area contributed by atoms with E-state index in [1.165, 1.54) is 11.3 Å². The molecule has 0 spiro atoms. The summed E-state index contributed by atoms with van der Waals surface area (Å²) in [6, 6.07) is 4.11. The van der Waals surface area contributed by atoms with Crippen LogP contribution in [0.1, 0.15) is 11.3 Å². The van der Waals surface area contributed by atoms with Crippen LogP contribution in [0.4, 0.5) is 0 Å². The quantitative estimate of drug-likeness (QED) is 0.772. The fourth-order valence-electron chi connectivity index (χ4n) is 1.66. The minimum atomic E-state index is 0.732. The first-order valence-electron chi connectivity index (χ1n) is 5.43. The number of imidazole rings is 1. The molecule has 0 aliphatic heterocycles. The number of aromatic nitrogens is 2. The molecule has 0 unspecified atom stereocenters. The zero-order valence-corrected chi connectivity index (χ0v) is 9.73. The summed E-state index contributed by atoms with van der Waals surface area (Å²) in [6.45, 7) is 4.49. The van der Waals surface area contributed by atoms with E-state index in [0.29, 0.717) is 0 Å². The number of methoxy groups -OCH3 is 1. The Kier molecular flexibility index (Phi) is 3.54. The van der Waals surface area contributed by atoms with Crippen LogP contribution in [0.15, 0.2) is 24.5 Å². The van der Waals surface area contributed by atoms with E-state index in [9.17, 15) is 0 Å². The van der Waals surface area contributed by atoms with Crippen LogP contribution in [0, 0.1) is 6.92 Å². The third-order valence-electron chi connectivity index (χ3n) is 2.52. The summed E-state index contributed by atoms with van der Waals surface area (Å²) >= 11 is 0. The molecule has 16 heavy (non-hydrogen) atoms. The van der Waals surface area contributed by atoms with Crippen molar-refractivity contribution in [3.8, 4) is 0 Å². The predicted molar refractivity (Wildman–Crippen MR) is 63.5 cm³/mol. The second-order valence-electron chi connectivity index (χ2n) is 3.85. The molecule has 0 saturated heterocycles. The minimum absolute atomic E-state index is 0.732. The van der Waals surface area contributed by atoms with Gasteiger partial charge >= 0.3 is 0 Å². The van der Waals surface area contributed by atoms with Crippen molar-refractivity contribution in [2.75, 3.05) is 20.3 Å². The molecule has 0 radical (unpaired) electrons. The monoisotopic (exact) mass is 219 g/mol. The number of aryl methyl sites for hydroxylation is 1. The molecular weight excluding hydrogens is 202 g/mol. The number of pyridine rings is 1. The summed E-state index contributed by atoms with van der Waals surface area (Å²) in [6.07, 6.45) is 4.02. The van der Waals surface area contributed by atoms with Crippen LogP contribution in [0.2, 0.25) is 0 Å². The lowest BCUT2D eigenvalue weighted by Gasteiger charge is -2.04. The zero-order chi connectivity index (χ0) is 11.4. The molecule has 0 aromatic carbocycles. The van der Waals surface area contributed by atoms with Crippen molar-refractivity contribution in [3.63, 3.8) is 0 Å². The fourth-order valence-corrected chi connectivity index (χ4v) is 1.66. The van der Waals surface area contributed by atoms with Gasteiger partial charge in [0.2, 0.25) is 0 Å². The Labute approximate surface area is 95.3 Å². The van der Waals surface area contributed by atoms with Crippen molar-refractivity contribution in [2.24, 2.45) is 0 Å². The van der Waals surface area contributed by atoms with Crippen LogP contribution in [0.3, 0.4) is 0 Å². The van der Waals surface area contributed by atoms with Crippen LogP contribution in [-0.2, 0) is 11.3 Å². The van der Waals surface area contributed by atoms with Crippen molar-refractivity contribution in [1.29, 1.82) is 0 Å².